The van der Waals surface area contributed by atoms with E-state index in [0.29, 0.717) is 22.2 Å². The summed E-state index contributed by atoms with van der Waals surface area (Å²) in [6, 6.07) is 5.42. The van der Waals surface area contributed by atoms with Gasteiger partial charge in [0.1, 0.15) is 0 Å². The largest absolute Gasteiger partial charge is 0.387 e. The van der Waals surface area contributed by atoms with Crippen molar-refractivity contribution in [1.82, 2.24) is 10.2 Å². The first kappa shape index (κ1) is 17.0. The molecule has 0 bridgehead atoms. The van der Waals surface area contributed by atoms with Gasteiger partial charge in [-0.25, -0.2) is 0 Å². The lowest BCUT2D eigenvalue weighted by Crippen LogP contribution is -2.45. The van der Waals surface area contributed by atoms with Gasteiger partial charge in [-0.1, -0.05) is 23.2 Å². The Labute approximate surface area is 136 Å². The van der Waals surface area contributed by atoms with Gasteiger partial charge in [0.25, 0.3) is 0 Å². The molecule has 2 N–H and O–H groups in total. The topological polar surface area (TPSA) is 44.7 Å². The third-order valence-electron chi connectivity index (χ3n) is 3.61. The molecule has 1 aromatic rings. The molecule has 1 saturated heterocycles. The van der Waals surface area contributed by atoms with Gasteiger partial charge in [-0.3, -0.25) is 4.90 Å². The van der Waals surface area contributed by atoms with Gasteiger partial charge in [0.05, 0.1) is 19.3 Å². The predicted molar refractivity (Wildman–Crippen MR) is 86.1 cm³/mol. The van der Waals surface area contributed by atoms with E-state index in [9.17, 15) is 5.11 Å². The zero-order valence-corrected chi connectivity index (χ0v) is 13.7. The van der Waals surface area contributed by atoms with Crippen molar-refractivity contribution in [2.24, 2.45) is 0 Å². The molecule has 1 aliphatic rings. The number of nitrogens with zero attached hydrogens (tertiary/aromatic N) is 1. The monoisotopic (exact) mass is 332 g/mol. The molecule has 2 unspecified atom stereocenters. The normalized spacial score (nSPS) is 19.4. The molecule has 6 heteroatoms. The van der Waals surface area contributed by atoms with Gasteiger partial charge in [-0.05, 0) is 25.1 Å². The molecule has 2 rings (SSSR count). The first-order valence-electron chi connectivity index (χ1n) is 7.22. The molecule has 0 spiro atoms. The van der Waals surface area contributed by atoms with Crippen LogP contribution in [0.25, 0.3) is 0 Å². The van der Waals surface area contributed by atoms with Gasteiger partial charge in [0.2, 0.25) is 0 Å². The maximum absolute atomic E-state index is 10.2. The second kappa shape index (κ2) is 8.32. The van der Waals surface area contributed by atoms with E-state index in [2.05, 4.69) is 17.1 Å². The molecule has 118 valence electrons. The Hall–Kier alpha value is -0.360. The third kappa shape index (κ3) is 5.40. The number of nitrogens with one attached hydrogen (secondary N) is 1. The summed E-state index contributed by atoms with van der Waals surface area (Å²) in [5.41, 5.74) is 0.662. The summed E-state index contributed by atoms with van der Waals surface area (Å²) < 4.78 is 5.33. The molecule has 4 nitrogen and oxygen atoms in total. The Balaban J connectivity index is 1.79. The van der Waals surface area contributed by atoms with Crippen LogP contribution in [-0.2, 0) is 4.74 Å². The maximum Gasteiger partial charge on any atom is 0.0929 e. The van der Waals surface area contributed by atoms with Crippen molar-refractivity contribution >= 4 is 23.2 Å². The smallest absolute Gasteiger partial charge is 0.0929 e. The van der Waals surface area contributed by atoms with Crippen LogP contribution in [0.15, 0.2) is 18.2 Å². The average molecular weight is 333 g/mol. The van der Waals surface area contributed by atoms with Crippen LogP contribution in [0.1, 0.15) is 18.6 Å². The van der Waals surface area contributed by atoms with Crippen molar-refractivity contribution in [1.29, 1.82) is 0 Å². The van der Waals surface area contributed by atoms with Crippen LogP contribution in [0.5, 0.6) is 0 Å². The first-order valence-corrected chi connectivity index (χ1v) is 7.98. The minimum absolute atomic E-state index is 0.288. The highest BCUT2D eigenvalue weighted by molar-refractivity contribution is 6.33. The Morgan fingerprint density at radius 2 is 2.05 bits per heavy atom. The zero-order valence-electron chi connectivity index (χ0n) is 12.2. The van der Waals surface area contributed by atoms with Gasteiger partial charge in [0, 0.05) is 47.8 Å². The highest BCUT2D eigenvalue weighted by Gasteiger charge is 2.16. The number of rotatable bonds is 6. The number of aliphatic hydroxyl groups is 1. The minimum Gasteiger partial charge on any atom is -0.387 e. The highest BCUT2D eigenvalue weighted by Crippen LogP contribution is 2.26. The standard InChI is InChI=1S/C15H22Cl2N2O2/c1-11(10-19-4-6-21-7-5-19)18-9-15(20)13-8-12(16)2-3-14(13)17/h2-3,8,11,15,18,20H,4-7,9-10H2,1H3. The number of hydrogen-bond donors (Lipinski definition) is 2. The quantitative estimate of drug-likeness (QED) is 0.839. The molecule has 21 heavy (non-hydrogen) atoms. The van der Waals surface area contributed by atoms with Gasteiger partial charge < -0.3 is 15.2 Å². The summed E-state index contributed by atoms with van der Waals surface area (Å²) in [5.74, 6) is 0. The predicted octanol–water partition coefficient (Wildman–Crippen LogP) is 2.34. The maximum atomic E-state index is 10.2. The second-order valence-corrected chi connectivity index (χ2v) is 6.25. The van der Waals surface area contributed by atoms with Gasteiger partial charge in [0.15, 0.2) is 0 Å². The fraction of sp³-hybridized carbons (Fsp3) is 0.600. The summed E-state index contributed by atoms with van der Waals surface area (Å²) in [6.07, 6.45) is -0.664. The molecule has 1 fully saturated rings. The fourth-order valence-corrected chi connectivity index (χ4v) is 2.85. The van der Waals surface area contributed by atoms with Crippen molar-refractivity contribution in [2.75, 3.05) is 39.4 Å². The van der Waals surface area contributed by atoms with Crippen LogP contribution in [0, 0.1) is 0 Å². The Bertz CT molecular complexity index is 453. The van der Waals surface area contributed by atoms with Crippen LogP contribution < -0.4 is 5.32 Å². The molecule has 0 aromatic heterocycles. The number of aliphatic hydroxyl groups excluding tert-OH is 1. The Morgan fingerprint density at radius 1 is 1.33 bits per heavy atom. The first-order chi connectivity index (χ1) is 10.1. The number of ether oxygens (including phenoxy) is 1. The molecular formula is C15H22Cl2N2O2. The Morgan fingerprint density at radius 3 is 2.76 bits per heavy atom. The second-order valence-electron chi connectivity index (χ2n) is 5.40. The summed E-state index contributed by atoms with van der Waals surface area (Å²) in [4.78, 5) is 2.36. The molecule has 1 aliphatic heterocycles. The van der Waals surface area contributed by atoms with E-state index in [4.69, 9.17) is 27.9 Å². The van der Waals surface area contributed by atoms with Gasteiger partial charge in [-0.15, -0.1) is 0 Å². The van der Waals surface area contributed by atoms with Crippen LogP contribution in [-0.4, -0.2) is 55.4 Å². The lowest BCUT2D eigenvalue weighted by atomic mass is 10.1. The molecule has 0 amide bonds. The fourth-order valence-electron chi connectivity index (χ4n) is 2.43. The van der Waals surface area contributed by atoms with Crippen LogP contribution in [0.3, 0.4) is 0 Å². The van der Waals surface area contributed by atoms with E-state index in [0.717, 1.165) is 32.8 Å². The van der Waals surface area contributed by atoms with Crippen LogP contribution >= 0.6 is 23.2 Å². The number of hydrogen-bond acceptors (Lipinski definition) is 4. The molecule has 1 heterocycles. The molecule has 0 aliphatic carbocycles. The summed E-state index contributed by atoms with van der Waals surface area (Å²) in [7, 11) is 0. The van der Waals surface area contributed by atoms with Crippen molar-refractivity contribution in [3.63, 3.8) is 0 Å². The summed E-state index contributed by atoms with van der Waals surface area (Å²) in [6.45, 7) is 7.04. The lowest BCUT2D eigenvalue weighted by Gasteiger charge is -2.29. The van der Waals surface area contributed by atoms with Crippen molar-refractivity contribution in [3.8, 4) is 0 Å². The van der Waals surface area contributed by atoms with Crippen molar-refractivity contribution in [2.45, 2.75) is 19.1 Å². The summed E-state index contributed by atoms with van der Waals surface area (Å²) >= 11 is 12.0. The number of benzene rings is 1. The van der Waals surface area contributed by atoms with E-state index in [1.165, 1.54) is 0 Å². The average Bonchev–Trinajstić information content (AvgIpc) is 2.48. The minimum atomic E-state index is -0.664. The lowest BCUT2D eigenvalue weighted by molar-refractivity contribution is 0.0336. The van der Waals surface area contributed by atoms with E-state index in [1.807, 2.05) is 0 Å². The zero-order chi connectivity index (χ0) is 15.2. The number of morpholine rings is 1. The molecule has 0 saturated carbocycles. The van der Waals surface area contributed by atoms with Crippen LogP contribution in [0.4, 0.5) is 0 Å². The highest BCUT2D eigenvalue weighted by atomic mass is 35.5. The van der Waals surface area contributed by atoms with Crippen molar-refractivity contribution in [3.05, 3.63) is 33.8 Å². The van der Waals surface area contributed by atoms with E-state index >= 15 is 0 Å². The van der Waals surface area contributed by atoms with Gasteiger partial charge in [-0.2, -0.15) is 0 Å². The molecule has 1 aromatic carbocycles. The van der Waals surface area contributed by atoms with Gasteiger partial charge >= 0.3 is 0 Å². The SMILES string of the molecule is CC(CN1CCOCC1)NCC(O)c1cc(Cl)ccc1Cl. The Kier molecular flexibility index (Phi) is 6.74. The van der Waals surface area contributed by atoms with E-state index < -0.39 is 6.10 Å². The molecule has 2 atom stereocenters. The molecular weight excluding hydrogens is 311 g/mol. The van der Waals surface area contributed by atoms with E-state index in [1.54, 1.807) is 18.2 Å². The third-order valence-corrected chi connectivity index (χ3v) is 4.19. The number of halogens is 2. The molecule has 0 radical (unpaired) electrons. The summed E-state index contributed by atoms with van der Waals surface area (Å²) in [5, 5.41) is 14.7. The van der Waals surface area contributed by atoms with Crippen molar-refractivity contribution < 1.29 is 9.84 Å². The van der Waals surface area contributed by atoms with E-state index in [-0.39, 0.29) is 6.04 Å². The van der Waals surface area contributed by atoms with Crippen LogP contribution in [0.2, 0.25) is 10.0 Å².